The zero-order valence-electron chi connectivity index (χ0n) is 20.3. The van der Waals surface area contributed by atoms with Crippen molar-refractivity contribution < 1.29 is 27.4 Å². The third-order valence-electron chi connectivity index (χ3n) is 5.51. The maximum atomic E-state index is 13.6. The first-order chi connectivity index (χ1) is 16.8. The van der Waals surface area contributed by atoms with Crippen LogP contribution in [0, 0.1) is 0 Å². The molecule has 0 unspecified atom stereocenters. The second-order valence-electron chi connectivity index (χ2n) is 7.87. The maximum absolute atomic E-state index is 13.6. The van der Waals surface area contributed by atoms with Crippen LogP contribution in [0.25, 0.3) is 0 Å². The van der Waals surface area contributed by atoms with E-state index in [-0.39, 0.29) is 29.6 Å². The van der Waals surface area contributed by atoms with Crippen LogP contribution in [0.2, 0.25) is 0 Å². The number of hydrogen-bond donors (Lipinski definition) is 0. The minimum atomic E-state index is -4.03. The number of likely N-dealkylation sites (N-methyl/N-ethyl adjacent to an activating group) is 1. The summed E-state index contributed by atoms with van der Waals surface area (Å²) in [7, 11) is 2.12. The van der Waals surface area contributed by atoms with Crippen LogP contribution in [0.1, 0.15) is 11.1 Å². The lowest BCUT2D eigenvalue weighted by Gasteiger charge is -2.25. The molecule has 9 heteroatoms. The number of carbonyl (C=O) groups is 1. The monoisotopic (exact) mass is 498 g/mol. The van der Waals surface area contributed by atoms with Crippen molar-refractivity contribution >= 4 is 15.9 Å². The van der Waals surface area contributed by atoms with Crippen LogP contribution in [0.3, 0.4) is 0 Å². The lowest BCUT2D eigenvalue weighted by atomic mass is 10.2. The van der Waals surface area contributed by atoms with E-state index in [9.17, 15) is 13.2 Å². The molecule has 3 aromatic rings. The van der Waals surface area contributed by atoms with Crippen LogP contribution in [-0.2, 0) is 27.9 Å². The number of rotatable bonds is 11. The van der Waals surface area contributed by atoms with E-state index in [0.29, 0.717) is 12.3 Å². The molecule has 0 aliphatic rings. The first-order valence-electron chi connectivity index (χ1n) is 10.9. The van der Waals surface area contributed by atoms with Crippen molar-refractivity contribution in [3.63, 3.8) is 0 Å². The van der Waals surface area contributed by atoms with E-state index in [0.717, 1.165) is 16.9 Å². The molecule has 0 radical (unpaired) electrons. The molecule has 35 heavy (non-hydrogen) atoms. The van der Waals surface area contributed by atoms with E-state index in [1.807, 2.05) is 54.6 Å². The summed E-state index contributed by atoms with van der Waals surface area (Å²) in [5.74, 6) is 1.09. The van der Waals surface area contributed by atoms with Crippen molar-refractivity contribution in [3.8, 4) is 17.2 Å². The van der Waals surface area contributed by atoms with Gasteiger partial charge < -0.3 is 19.1 Å². The van der Waals surface area contributed by atoms with Crippen LogP contribution in [0.15, 0.2) is 77.7 Å². The quantitative estimate of drug-likeness (QED) is 0.402. The van der Waals surface area contributed by atoms with Crippen molar-refractivity contribution in [3.05, 3.63) is 83.9 Å². The van der Waals surface area contributed by atoms with E-state index in [1.54, 1.807) is 14.2 Å². The Labute approximate surface area is 206 Å². The molecular weight excluding hydrogens is 468 g/mol. The molecule has 0 aliphatic heterocycles. The lowest BCUT2D eigenvalue weighted by molar-refractivity contribution is -0.130. The highest BCUT2D eigenvalue weighted by molar-refractivity contribution is 7.89. The van der Waals surface area contributed by atoms with Crippen molar-refractivity contribution in [1.29, 1.82) is 0 Å². The maximum Gasteiger partial charge on any atom is 0.243 e. The van der Waals surface area contributed by atoms with Crippen LogP contribution in [0.5, 0.6) is 17.2 Å². The molecule has 0 aliphatic carbocycles. The summed E-state index contributed by atoms with van der Waals surface area (Å²) < 4.78 is 44.1. The molecule has 0 aromatic heterocycles. The minimum absolute atomic E-state index is 0.0108. The predicted molar refractivity (Wildman–Crippen MR) is 133 cm³/mol. The van der Waals surface area contributed by atoms with Gasteiger partial charge in [-0.3, -0.25) is 4.79 Å². The molecule has 3 aromatic carbocycles. The third kappa shape index (κ3) is 6.52. The molecule has 0 saturated carbocycles. The fourth-order valence-corrected chi connectivity index (χ4v) is 4.90. The predicted octanol–water partition coefficient (Wildman–Crippen LogP) is 3.56. The number of nitrogens with zero attached hydrogens (tertiary/aromatic N) is 2. The van der Waals surface area contributed by atoms with Gasteiger partial charge in [0.05, 0.1) is 32.8 Å². The molecular formula is C26H30N2O6S. The topological polar surface area (TPSA) is 85.4 Å². The highest BCUT2D eigenvalue weighted by Crippen LogP contribution is 2.31. The largest absolute Gasteiger partial charge is 0.497 e. The summed E-state index contributed by atoms with van der Waals surface area (Å²) in [4.78, 5) is 14.6. The lowest BCUT2D eigenvalue weighted by Crippen LogP contribution is -2.40. The van der Waals surface area contributed by atoms with Crippen LogP contribution in [0.4, 0.5) is 0 Å². The van der Waals surface area contributed by atoms with Gasteiger partial charge >= 0.3 is 0 Å². The number of amides is 1. The standard InChI is InChI=1S/C26H30N2O6S/c1-27(17-21-10-12-22(32-2)13-11-21)26(29)19-28(18-20-8-6-5-7-9-20)35(30,31)23-14-15-24(33-3)25(16-23)34-4/h5-16H,17-19H2,1-4H3. The number of hydrogen-bond acceptors (Lipinski definition) is 6. The molecule has 186 valence electrons. The molecule has 0 fully saturated rings. The zero-order valence-corrected chi connectivity index (χ0v) is 21.1. The molecule has 0 saturated heterocycles. The van der Waals surface area contributed by atoms with E-state index in [1.165, 1.54) is 41.6 Å². The number of methoxy groups -OCH3 is 3. The number of ether oxygens (including phenoxy) is 3. The van der Waals surface area contributed by atoms with Crippen LogP contribution < -0.4 is 14.2 Å². The van der Waals surface area contributed by atoms with Gasteiger partial charge in [-0.1, -0.05) is 42.5 Å². The van der Waals surface area contributed by atoms with Crippen molar-refractivity contribution in [1.82, 2.24) is 9.21 Å². The summed E-state index contributed by atoms with van der Waals surface area (Å²) in [6, 6.07) is 20.9. The fraction of sp³-hybridized carbons (Fsp3) is 0.269. The van der Waals surface area contributed by atoms with E-state index in [4.69, 9.17) is 14.2 Å². The number of carbonyl (C=O) groups excluding carboxylic acids is 1. The Morgan fingerprint density at radius 3 is 2.00 bits per heavy atom. The SMILES string of the molecule is COc1ccc(CN(C)C(=O)CN(Cc2ccccc2)S(=O)(=O)c2ccc(OC)c(OC)c2)cc1. The Hall–Kier alpha value is -3.56. The molecule has 8 nitrogen and oxygen atoms in total. The number of benzene rings is 3. The van der Waals surface area contributed by atoms with Crippen molar-refractivity contribution in [2.45, 2.75) is 18.0 Å². The van der Waals surface area contributed by atoms with Crippen molar-refractivity contribution in [2.75, 3.05) is 34.9 Å². The molecule has 0 spiro atoms. The second kappa shape index (κ2) is 11.7. The molecule has 3 rings (SSSR count). The van der Waals surface area contributed by atoms with E-state index < -0.39 is 10.0 Å². The van der Waals surface area contributed by atoms with Gasteiger partial charge in [0.25, 0.3) is 0 Å². The average Bonchev–Trinajstić information content (AvgIpc) is 2.88. The Balaban J connectivity index is 1.86. The Morgan fingerprint density at radius 1 is 0.771 bits per heavy atom. The van der Waals surface area contributed by atoms with Gasteiger partial charge in [0.1, 0.15) is 5.75 Å². The Kier molecular flexibility index (Phi) is 8.73. The van der Waals surface area contributed by atoms with Gasteiger partial charge in [0.15, 0.2) is 11.5 Å². The van der Waals surface area contributed by atoms with Gasteiger partial charge in [-0.05, 0) is 35.4 Å². The summed E-state index contributed by atoms with van der Waals surface area (Å²) in [5.41, 5.74) is 1.67. The van der Waals surface area contributed by atoms with E-state index in [2.05, 4.69) is 0 Å². The summed E-state index contributed by atoms with van der Waals surface area (Å²) >= 11 is 0. The average molecular weight is 499 g/mol. The molecule has 0 atom stereocenters. The Morgan fingerprint density at radius 2 is 1.40 bits per heavy atom. The zero-order chi connectivity index (χ0) is 25.4. The smallest absolute Gasteiger partial charge is 0.243 e. The van der Waals surface area contributed by atoms with E-state index >= 15 is 0 Å². The van der Waals surface area contributed by atoms with Gasteiger partial charge in [0.2, 0.25) is 15.9 Å². The summed E-state index contributed by atoms with van der Waals surface area (Å²) in [6.45, 7) is 0.0519. The van der Waals surface area contributed by atoms with Crippen LogP contribution >= 0.6 is 0 Å². The van der Waals surface area contributed by atoms with Crippen molar-refractivity contribution in [2.24, 2.45) is 0 Å². The highest BCUT2D eigenvalue weighted by atomic mass is 32.2. The number of sulfonamides is 1. The van der Waals surface area contributed by atoms with Gasteiger partial charge in [-0.25, -0.2) is 8.42 Å². The van der Waals surface area contributed by atoms with Gasteiger partial charge in [-0.15, -0.1) is 0 Å². The fourth-order valence-electron chi connectivity index (χ4n) is 3.50. The summed E-state index contributed by atoms with van der Waals surface area (Å²) in [5, 5.41) is 0. The molecule has 1 amide bonds. The first-order valence-corrected chi connectivity index (χ1v) is 12.4. The Bertz CT molecular complexity index is 1230. The molecule has 0 bridgehead atoms. The molecule has 0 N–H and O–H groups in total. The van der Waals surface area contributed by atoms with Gasteiger partial charge in [-0.2, -0.15) is 4.31 Å². The normalized spacial score (nSPS) is 11.2. The third-order valence-corrected chi connectivity index (χ3v) is 7.30. The summed E-state index contributed by atoms with van der Waals surface area (Å²) in [6.07, 6.45) is 0. The highest BCUT2D eigenvalue weighted by Gasteiger charge is 2.29. The van der Waals surface area contributed by atoms with Gasteiger partial charge in [0, 0.05) is 26.2 Å². The minimum Gasteiger partial charge on any atom is -0.497 e. The first kappa shape index (κ1) is 26.1. The molecule has 0 heterocycles. The van der Waals surface area contributed by atoms with Crippen LogP contribution in [-0.4, -0.2) is 58.5 Å². The second-order valence-corrected chi connectivity index (χ2v) is 9.81.